The molecule has 1 heterocycles. The van der Waals surface area contributed by atoms with Crippen molar-refractivity contribution in [1.82, 2.24) is 4.90 Å². The number of hydrogen-bond donors (Lipinski definition) is 0. The predicted octanol–water partition coefficient (Wildman–Crippen LogP) is 2.83. The first-order valence-corrected chi connectivity index (χ1v) is 6.60. The van der Waals surface area contributed by atoms with Crippen LogP contribution in [0, 0.1) is 5.92 Å². The Morgan fingerprint density at radius 1 is 1.33 bits per heavy atom. The summed E-state index contributed by atoms with van der Waals surface area (Å²) in [6, 6.07) is 0.519. The Morgan fingerprint density at radius 3 is 2.67 bits per heavy atom. The zero-order valence-electron chi connectivity index (χ0n) is 10.1. The number of thioether (sulfide) groups is 1. The van der Waals surface area contributed by atoms with Crippen LogP contribution < -0.4 is 0 Å². The van der Waals surface area contributed by atoms with Gasteiger partial charge in [-0.3, -0.25) is 0 Å². The van der Waals surface area contributed by atoms with E-state index in [0.717, 1.165) is 11.7 Å². The second kappa shape index (κ2) is 6.16. The van der Waals surface area contributed by atoms with Gasteiger partial charge in [0.15, 0.2) is 5.17 Å². The van der Waals surface area contributed by atoms with Gasteiger partial charge in [-0.15, -0.1) is 5.10 Å². The molecule has 0 aromatic heterocycles. The first kappa shape index (κ1) is 12.6. The number of hydrogen-bond acceptors (Lipinski definition) is 3. The monoisotopic (exact) mass is 227 g/mol. The van der Waals surface area contributed by atoms with E-state index < -0.39 is 0 Å². The van der Waals surface area contributed by atoms with Crippen LogP contribution in [0.2, 0.25) is 0 Å². The SMILES string of the molecule is CC(C)/C=N/N=C1\SCCCN1C(C)C. The summed E-state index contributed by atoms with van der Waals surface area (Å²) in [7, 11) is 0. The van der Waals surface area contributed by atoms with Crippen LogP contribution in [0.3, 0.4) is 0 Å². The van der Waals surface area contributed by atoms with Gasteiger partial charge < -0.3 is 4.90 Å². The van der Waals surface area contributed by atoms with Gasteiger partial charge in [0.1, 0.15) is 0 Å². The Morgan fingerprint density at radius 2 is 2.07 bits per heavy atom. The summed E-state index contributed by atoms with van der Waals surface area (Å²) in [5, 5.41) is 9.51. The molecule has 4 heteroatoms. The summed E-state index contributed by atoms with van der Waals surface area (Å²) in [5.41, 5.74) is 0. The van der Waals surface area contributed by atoms with Crippen LogP contribution in [0.15, 0.2) is 10.2 Å². The van der Waals surface area contributed by atoms with Crippen molar-refractivity contribution < 1.29 is 0 Å². The van der Waals surface area contributed by atoms with Gasteiger partial charge in [0.25, 0.3) is 0 Å². The highest BCUT2D eigenvalue weighted by molar-refractivity contribution is 8.13. The molecule has 0 spiro atoms. The maximum Gasteiger partial charge on any atom is 0.185 e. The van der Waals surface area contributed by atoms with Gasteiger partial charge in [0.2, 0.25) is 0 Å². The lowest BCUT2D eigenvalue weighted by Crippen LogP contribution is -2.39. The van der Waals surface area contributed by atoms with Crippen molar-refractivity contribution >= 4 is 23.1 Å². The van der Waals surface area contributed by atoms with Crippen molar-refractivity contribution in [2.75, 3.05) is 12.3 Å². The summed E-state index contributed by atoms with van der Waals surface area (Å²) in [6.07, 6.45) is 3.14. The number of nitrogens with zero attached hydrogens (tertiary/aromatic N) is 3. The predicted molar refractivity (Wildman–Crippen MR) is 69.7 cm³/mol. The Bertz CT molecular complexity index is 246. The molecule has 1 fully saturated rings. The topological polar surface area (TPSA) is 28.0 Å². The van der Waals surface area contributed by atoms with E-state index in [2.05, 4.69) is 42.8 Å². The molecule has 86 valence electrons. The Labute approximate surface area is 97.0 Å². The van der Waals surface area contributed by atoms with Crippen LogP contribution in [0.1, 0.15) is 34.1 Å². The van der Waals surface area contributed by atoms with Crippen molar-refractivity contribution in [3.05, 3.63) is 0 Å². The minimum Gasteiger partial charge on any atom is -0.347 e. The van der Waals surface area contributed by atoms with Crippen molar-refractivity contribution in [3.63, 3.8) is 0 Å². The minimum absolute atomic E-state index is 0.468. The van der Waals surface area contributed by atoms with E-state index in [9.17, 15) is 0 Å². The van der Waals surface area contributed by atoms with Gasteiger partial charge in [-0.2, -0.15) is 5.10 Å². The normalized spacial score (nSPS) is 21.2. The molecule has 0 aliphatic carbocycles. The van der Waals surface area contributed by atoms with E-state index in [1.54, 1.807) is 0 Å². The van der Waals surface area contributed by atoms with Crippen LogP contribution >= 0.6 is 11.8 Å². The van der Waals surface area contributed by atoms with Gasteiger partial charge >= 0.3 is 0 Å². The fourth-order valence-corrected chi connectivity index (χ4v) is 2.39. The molecule has 0 N–H and O–H groups in total. The fourth-order valence-electron chi connectivity index (χ4n) is 1.36. The van der Waals surface area contributed by atoms with E-state index >= 15 is 0 Å². The van der Waals surface area contributed by atoms with Gasteiger partial charge in [-0.05, 0) is 26.2 Å². The maximum atomic E-state index is 4.30. The molecule has 1 aliphatic heterocycles. The van der Waals surface area contributed by atoms with Crippen LogP contribution in [-0.4, -0.2) is 34.6 Å². The Kier molecular flexibility index (Phi) is 5.15. The Balaban J connectivity index is 2.63. The lowest BCUT2D eigenvalue weighted by molar-refractivity contribution is 0.352. The molecule has 0 radical (unpaired) electrons. The maximum absolute atomic E-state index is 4.30. The van der Waals surface area contributed by atoms with Gasteiger partial charge in [0, 0.05) is 24.6 Å². The Hall–Kier alpha value is -0.510. The quantitative estimate of drug-likeness (QED) is 0.548. The standard InChI is InChI=1S/C11H21N3S/c1-9(2)8-12-13-11-14(10(3)4)6-5-7-15-11/h8-10H,5-7H2,1-4H3/b12-8+,13-11-. The van der Waals surface area contributed by atoms with Gasteiger partial charge in [-0.25, -0.2) is 0 Å². The van der Waals surface area contributed by atoms with Gasteiger partial charge in [-0.1, -0.05) is 25.6 Å². The molecular weight excluding hydrogens is 206 g/mol. The third kappa shape index (κ3) is 4.24. The summed E-state index contributed by atoms with van der Waals surface area (Å²) < 4.78 is 0. The molecule has 0 saturated carbocycles. The first-order chi connectivity index (χ1) is 7.11. The van der Waals surface area contributed by atoms with Gasteiger partial charge in [0.05, 0.1) is 0 Å². The molecule has 1 rings (SSSR count). The smallest absolute Gasteiger partial charge is 0.185 e. The van der Waals surface area contributed by atoms with Crippen molar-refractivity contribution in [3.8, 4) is 0 Å². The van der Waals surface area contributed by atoms with E-state index in [0.29, 0.717) is 12.0 Å². The van der Waals surface area contributed by atoms with Crippen LogP contribution in [0.4, 0.5) is 0 Å². The molecule has 0 aromatic rings. The molecule has 0 unspecified atom stereocenters. The zero-order chi connectivity index (χ0) is 11.3. The van der Waals surface area contributed by atoms with E-state index in [4.69, 9.17) is 0 Å². The second-order valence-corrected chi connectivity index (χ2v) is 5.44. The summed E-state index contributed by atoms with van der Waals surface area (Å²) in [5.74, 6) is 1.63. The van der Waals surface area contributed by atoms with Crippen LogP contribution in [0.5, 0.6) is 0 Å². The highest BCUT2D eigenvalue weighted by Crippen LogP contribution is 2.19. The lowest BCUT2D eigenvalue weighted by Gasteiger charge is -2.32. The largest absolute Gasteiger partial charge is 0.347 e. The zero-order valence-corrected chi connectivity index (χ0v) is 10.9. The fraction of sp³-hybridized carbons (Fsp3) is 0.818. The summed E-state index contributed by atoms with van der Waals surface area (Å²) in [4.78, 5) is 2.33. The first-order valence-electron chi connectivity index (χ1n) is 5.62. The summed E-state index contributed by atoms with van der Waals surface area (Å²) in [6.45, 7) is 9.73. The average molecular weight is 227 g/mol. The van der Waals surface area contributed by atoms with Crippen LogP contribution in [-0.2, 0) is 0 Å². The third-order valence-electron chi connectivity index (χ3n) is 2.15. The average Bonchev–Trinajstić information content (AvgIpc) is 2.17. The summed E-state index contributed by atoms with van der Waals surface area (Å²) >= 11 is 1.81. The molecule has 0 aromatic carbocycles. The number of rotatable bonds is 3. The minimum atomic E-state index is 0.468. The molecule has 0 bridgehead atoms. The van der Waals surface area contributed by atoms with Crippen molar-refractivity contribution in [1.29, 1.82) is 0 Å². The van der Waals surface area contributed by atoms with Crippen molar-refractivity contribution in [2.24, 2.45) is 16.1 Å². The third-order valence-corrected chi connectivity index (χ3v) is 3.22. The van der Waals surface area contributed by atoms with E-state index in [1.807, 2.05) is 18.0 Å². The lowest BCUT2D eigenvalue weighted by atomic mass is 10.3. The van der Waals surface area contributed by atoms with Crippen molar-refractivity contribution in [2.45, 2.75) is 40.2 Å². The molecule has 3 nitrogen and oxygen atoms in total. The number of amidine groups is 1. The highest BCUT2D eigenvalue weighted by Gasteiger charge is 2.19. The van der Waals surface area contributed by atoms with E-state index in [-0.39, 0.29) is 0 Å². The molecule has 0 amide bonds. The highest BCUT2D eigenvalue weighted by atomic mass is 32.2. The van der Waals surface area contributed by atoms with Crippen LogP contribution in [0.25, 0.3) is 0 Å². The van der Waals surface area contributed by atoms with E-state index in [1.165, 1.54) is 12.2 Å². The molecule has 15 heavy (non-hydrogen) atoms. The second-order valence-electron chi connectivity index (χ2n) is 4.38. The molecular formula is C11H21N3S. The molecule has 1 saturated heterocycles. The molecule has 1 aliphatic rings. The molecule has 0 atom stereocenters.